The summed E-state index contributed by atoms with van der Waals surface area (Å²) < 4.78 is 24.2. The van der Waals surface area contributed by atoms with Gasteiger partial charge in [-0.25, -0.2) is 4.39 Å². The zero-order valence-electron chi connectivity index (χ0n) is 11.7. The first-order valence-electron chi connectivity index (χ1n) is 6.20. The van der Waals surface area contributed by atoms with Gasteiger partial charge in [0.1, 0.15) is 22.9 Å². The lowest BCUT2D eigenvalue weighted by Gasteiger charge is -2.25. The van der Waals surface area contributed by atoms with E-state index in [0.29, 0.717) is 17.1 Å². The van der Waals surface area contributed by atoms with Crippen molar-refractivity contribution in [3.8, 4) is 11.5 Å². The molecule has 0 aliphatic heterocycles. The molecule has 1 atom stereocenters. The number of rotatable bonds is 4. The van der Waals surface area contributed by atoms with Crippen LogP contribution >= 0.6 is 0 Å². The second-order valence-corrected chi connectivity index (χ2v) is 4.65. The van der Waals surface area contributed by atoms with E-state index >= 15 is 0 Å². The lowest BCUT2D eigenvalue weighted by Crippen LogP contribution is -2.24. The first-order chi connectivity index (χ1) is 9.48. The third kappa shape index (κ3) is 2.60. The SMILES string of the molecule is COc1cccc(C(C)(O)c2ccc(OC)cc2F)c1. The largest absolute Gasteiger partial charge is 0.497 e. The molecule has 2 aromatic carbocycles. The summed E-state index contributed by atoms with van der Waals surface area (Å²) in [6.07, 6.45) is 0. The summed E-state index contributed by atoms with van der Waals surface area (Å²) >= 11 is 0. The fourth-order valence-electron chi connectivity index (χ4n) is 2.10. The van der Waals surface area contributed by atoms with E-state index in [1.54, 1.807) is 44.4 Å². The maximum absolute atomic E-state index is 14.1. The second-order valence-electron chi connectivity index (χ2n) is 4.65. The predicted molar refractivity (Wildman–Crippen MR) is 74.6 cm³/mol. The number of hydrogen-bond donors (Lipinski definition) is 1. The van der Waals surface area contributed by atoms with Gasteiger partial charge in [0.25, 0.3) is 0 Å². The Balaban J connectivity index is 2.48. The van der Waals surface area contributed by atoms with Crippen LogP contribution in [0.1, 0.15) is 18.1 Å². The molecule has 4 heteroatoms. The predicted octanol–water partition coefficient (Wildman–Crippen LogP) is 3.10. The summed E-state index contributed by atoms with van der Waals surface area (Å²) in [5.41, 5.74) is -0.710. The molecule has 0 spiro atoms. The maximum Gasteiger partial charge on any atom is 0.133 e. The molecule has 0 bridgehead atoms. The van der Waals surface area contributed by atoms with Gasteiger partial charge in [0.2, 0.25) is 0 Å². The molecule has 2 aromatic rings. The Labute approximate surface area is 117 Å². The molecule has 0 heterocycles. The number of hydrogen-bond acceptors (Lipinski definition) is 3. The molecular formula is C16H17FO3. The lowest BCUT2D eigenvalue weighted by molar-refractivity contribution is 0.0975. The van der Waals surface area contributed by atoms with E-state index in [0.717, 1.165) is 0 Å². The molecule has 2 rings (SSSR count). The summed E-state index contributed by atoms with van der Waals surface area (Å²) in [4.78, 5) is 0. The average Bonchev–Trinajstić information content (AvgIpc) is 2.46. The highest BCUT2D eigenvalue weighted by Crippen LogP contribution is 2.33. The summed E-state index contributed by atoms with van der Waals surface area (Å²) in [5.74, 6) is 0.501. The molecule has 0 amide bonds. The van der Waals surface area contributed by atoms with Gasteiger partial charge in [-0.15, -0.1) is 0 Å². The molecule has 0 aromatic heterocycles. The third-order valence-electron chi connectivity index (χ3n) is 3.33. The van der Waals surface area contributed by atoms with E-state index in [1.807, 2.05) is 0 Å². The van der Waals surface area contributed by atoms with Gasteiger partial charge in [0.05, 0.1) is 14.2 Å². The fourth-order valence-corrected chi connectivity index (χ4v) is 2.10. The highest BCUT2D eigenvalue weighted by Gasteiger charge is 2.29. The van der Waals surface area contributed by atoms with Crippen molar-refractivity contribution in [3.05, 3.63) is 59.4 Å². The zero-order chi connectivity index (χ0) is 14.8. The molecule has 0 aliphatic carbocycles. The third-order valence-corrected chi connectivity index (χ3v) is 3.33. The molecule has 0 aliphatic rings. The van der Waals surface area contributed by atoms with Crippen molar-refractivity contribution in [1.29, 1.82) is 0 Å². The molecule has 20 heavy (non-hydrogen) atoms. The van der Waals surface area contributed by atoms with Crippen molar-refractivity contribution in [2.45, 2.75) is 12.5 Å². The fraction of sp³-hybridized carbons (Fsp3) is 0.250. The number of halogens is 1. The van der Waals surface area contributed by atoms with Crippen molar-refractivity contribution in [1.82, 2.24) is 0 Å². The Morgan fingerprint density at radius 2 is 1.65 bits per heavy atom. The van der Waals surface area contributed by atoms with Gasteiger partial charge in [0, 0.05) is 11.6 Å². The molecule has 0 saturated carbocycles. The van der Waals surface area contributed by atoms with E-state index in [1.165, 1.54) is 19.2 Å². The lowest BCUT2D eigenvalue weighted by atomic mass is 9.87. The molecule has 0 fully saturated rings. The minimum Gasteiger partial charge on any atom is -0.497 e. The highest BCUT2D eigenvalue weighted by atomic mass is 19.1. The minimum absolute atomic E-state index is 0.187. The van der Waals surface area contributed by atoms with Crippen LogP contribution in [-0.4, -0.2) is 19.3 Å². The van der Waals surface area contributed by atoms with Gasteiger partial charge in [-0.3, -0.25) is 0 Å². The number of ether oxygens (including phenoxy) is 2. The summed E-state index contributed by atoms with van der Waals surface area (Å²) in [7, 11) is 3.01. The summed E-state index contributed by atoms with van der Waals surface area (Å²) in [6, 6.07) is 11.3. The van der Waals surface area contributed by atoms with E-state index in [9.17, 15) is 9.50 Å². The van der Waals surface area contributed by atoms with E-state index in [-0.39, 0.29) is 5.56 Å². The van der Waals surface area contributed by atoms with Crippen molar-refractivity contribution >= 4 is 0 Å². The molecule has 0 radical (unpaired) electrons. The van der Waals surface area contributed by atoms with Gasteiger partial charge in [-0.05, 0) is 36.8 Å². The summed E-state index contributed by atoms with van der Waals surface area (Å²) in [6.45, 7) is 1.55. The van der Waals surface area contributed by atoms with Crippen molar-refractivity contribution in [2.24, 2.45) is 0 Å². The molecule has 106 valence electrons. The van der Waals surface area contributed by atoms with Crippen molar-refractivity contribution in [3.63, 3.8) is 0 Å². The van der Waals surface area contributed by atoms with Crippen LogP contribution in [0.2, 0.25) is 0 Å². The summed E-state index contributed by atoms with van der Waals surface area (Å²) in [5, 5.41) is 10.7. The Kier molecular flexibility index (Phi) is 3.95. The van der Waals surface area contributed by atoms with E-state index in [4.69, 9.17) is 9.47 Å². The van der Waals surface area contributed by atoms with Gasteiger partial charge >= 0.3 is 0 Å². The zero-order valence-corrected chi connectivity index (χ0v) is 11.7. The van der Waals surface area contributed by atoms with Gasteiger partial charge in [-0.2, -0.15) is 0 Å². The Morgan fingerprint density at radius 3 is 2.25 bits per heavy atom. The van der Waals surface area contributed by atoms with Crippen LogP contribution in [0.5, 0.6) is 11.5 Å². The van der Waals surface area contributed by atoms with Crippen LogP contribution in [0.4, 0.5) is 4.39 Å². The average molecular weight is 276 g/mol. The van der Waals surface area contributed by atoms with E-state index < -0.39 is 11.4 Å². The van der Waals surface area contributed by atoms with E-state index in [2.05, 4.69) is 0 Å². The molecule has 0 saturated heterocycles. The normalized spacial score (nSPS) is 13.7. The topological polar surface area (TPSA) is 38.7 Å². The maximum atomic E-state index is 14.1. The van der Waals surface area contributed by atoms with Crippen LogP contribution in [0.25, 0.3) is 0 Å². The van der Waals surface area contributed by atoms with Crippen molar-refractivity contribution < 1.29 is 19.0 Å². The Bertz CT molecular complexity index is 608. The first kappa shape index (κ1) is 14.3. The Morgan fingerprint density at radius 1 is 1.00 bits per heavy atom. The van der Waals surface area contributed by atoms with Crippen LogP contribution < -0.4 is 9.47 Å². The Hall–Kier alpha value is -2.07. The highest BCUT2D eigenvalue weighted by molar-refractivity contribution is 5.41. The minimum atomic E-state index is -1.45. The first-order valence-corrected chi connectivity index (χ1v) is 6.20. The number of aliphatic hydroxyl groups is 1. The standard InChI is InChI=1S/C16H17FO3/c1-16(18,11-5-4-6-12(9-11)19-2)14-8-7-13(20-3)10-15(14)17/h4-10,18H,1-3H3. The van der Waals surface area contributed by atoms with Crippen LogP contribution in [0, 0.1) is 5.82 Å². The van der Waals surface area contributed by atoms with Crippen LogP contribution in [0.3, 0.4) is 0 Å². The number of benzene rings is 2. The smallest absolute Gasteiger partial charge is 0.133 e. The molecule has 1 N–H and O–H groups in total. The molecule has 1 unspecified atom stereocenters. The van der Waals surface area contributed by atoms with Crippen LogP contribution in [-0.2, 0) is 5.60 Å². The van der Waals surface area contributed by atoms with Gasteiger partial charge in [-0.1, -0.05) is 12.1 Å². The monoisotopic (exact) mass is 276 g/mol. The van der Waals surface area contributed by atoms with Crippen LogP contribution in [0.15, 0.2) is 42.5 Å². The second kappa shape index (κ2) is 5.51. The van der Waals surface area contributed by atoms with Gasteiger partial charge in [0.15, 0.2) is 0 Å². The number of methoxy groups -OCH3 is 2. The molecular weight excluding hydrogens is 259 g/mol. The van der Waals surface area contributed by atoms with Gasteiger partial charge < -0.3 is 14.6 Å². The van der Waals surface area contributed by atoms with Crippen molar-refractivity contribution in [2.75, 3.05) is 14.2 Å². The molecule has 3 nitrogen and oxygen atoms in total. The quantitative estimate of drug-likeness (QED) is 0.932.